The summed E-state index contributed by atoms with van der Waals surface area (Å²) in [5, 5.41) is 16.0. The highest BCUT2D eigenvalue weighted by molar-refractivity contribution is 7.22. The first-order valence-corrected chi connectivity index (χ1v) is 11.7. The number of hydrogen-bond donors (Lipinski definition) is 3. The Kier molecular flexibility index (Phi) is 8.09. The summed E-state index contributed by atoms with van der Waals surface area (Å²) in [5.74, 6) is -2.26. The molecule has 0 bridgehead atoms. The van der Waals surface area contributed by atoms with Gasteiger partial charge in [-0.3, -0.25) is 4.79 Å². The van der Waals surface area contributed by atoms with Crippen LogP contribution >= 0.6 is 22.9 Å². The first-order chi connectivity index (χ1) is 16.2. The average Bonchev–Trinajstić information content (AvgIpc) is 3.19. The number of carboxylic acid groups (broad SMARTS) is 1. The molecule has 0 aliphatic rings. The first kappa shape index (κ1) is 26.1. The molecule has 1 aromatic heterocycles. The van der Waals surface area contributed by atoms with Crippen molar-refractivity contribution in [3.8, 4) is 11.1 Å². The number of anilines is 2. The fraction of sp³-hybridized carbons (Fsp3) is 0.192. The van der Waals surface area contributed by atoms with Gasteiger partial charge in [0.15, 0.2) is 5.13 Å². The summed E-state index contributed by atoms with van der Waals surface area (Å²) in [5.41, 5.74) is 2.75. The lowest BCUT2D eigenvalue weighted by molar-refractivity contribution is -0.140. The number of nitrogens with zero attached hydrogens (tertiary/aromatic N) is 1. The SMILES string of the molecule is C.CC(C)[C@H](NC(=O)c1ccc(-c2ccc(Nc3nc4ccc(Cl)cc4s3)c(F)c2)cc1)C(=O)O. The maximum Gasteiger partial charge on any atom is 0.326 e. The Morgan fingerprint density at radius 3 is 2.34 bits per heavy atom. The molecule has 0 radical (unpaired) electrons. The number of carbonyl (C=O) groups is 2. The highest BCUT2D eigenvalue weighted by Gasteiger charge is 2.23. The number of amides is 1. The number of rotatable bonds is 7. The van der Waals surface area contributed by atoms with E-state index in [0.717, 1.165) is 15.8 Å². The maximum atomic E-state index is 14.8. The number of fused-ring (bicyclic) bond motifs is 1. The molecule has 0 spiro atoms. The van der Waals surface area contributed by atoms with Crippen molar-refractivity contribution in [2.45, 2.75) is 27.3 Å². The van der Waals surface area contributed by atoms with Gasteiger partial charge in [0.05, 0.1) is 15.9 Å². The number of carboxylic acids is 1. The second-order valence-corrected chi connectivity index (χ2v) is 9.53. The van der Waals surface area contributed by atoms with E-state index in [1.807, 2.05) is 12.1 Å². The van der Waals surface area contributed by atoms with Gasteiger partial charge in [-0.2, -0.15) is 0 Å². The van der Waals surface area contributed by atoms with Gasteiger partial charge in [-0.05, 0) is 59.5 Å². The van der Waals surface area contributed by atoms with Gasteiger partial charge < -0.3 is 15.7 Å². The Balaban J connectivity index is 0.00000342. The Bertz CT molecular complexity index is 1370. The topological polar surface area (TPSA) is 91.3 Å². The normalized spacial score (nSPS) is 11.7. The molecule has 0 aliphatic carbocycles. The van der Waals surface area contributed by atoms with E-state index < -0.39 is 23.7 Å². The molecule has 4 rings (SSSR count). The first-order valence-electron chi connectivity index (χ1n) is 10.5. The molecule has 3 N–H and O–H groups in total. The number of hydrogen-bond acceptors (Lipinski definition) is 5. The molecule has 35 heavy (non-hydrogen) atoms. The van der Waals surface area contributed by atoms with Crippen LogP contribution < -0.4 is 10.6 Å². The minimum Gasteiger partial charge on any atom is -0.480 e. The van der Waals surface area contributed by atoms with Crippen LogP contribution in [0.25, 0.3) is 21.3 Å². The van der Waals surface area contributed by atoms with Crippen LogP contribution in [-0.2, 0) is 4.79 Å². The predicted molar refractivity (Wildman–Crippen MR) is 140 cm³/mol. The van der Waals surface area contributed by atoms with Crippen LogP contribution in [0.5, 0.6) is 0 Å². The second-order valence-electron chi connectivity index (χ2n) is 8.06. The van der Waals surface area contributed by atoms with E-state index in [-0.39, 0.29) is 13.3 Å². The Morgan fingerprint density at radius 2 is 1.71 bits per heavy atom. The van der Waals surface area contributed by atoms with Gasteiger partial charge in [0, 0.05) is 10.6 Å². The quantitative estimate of drug-likeness (QED) is 0.248. The lowest BCUT2D eigenvalue weighted by atomic mass is 10.0. The summed E-state index contributed by atoms with van der Waals surface area (Å²) in [6.07, 6.45) is 0. The number of nitrogens with one attached hydrogen (secondary N) is 2. The molecule has 1 atom stereocenters. The standard InChI is InChI=1S/C25H21ClFN3O3S.CH4/c1-13(2)22(24(32)33)30-23(31)15-5-3-14(4-6-15)16-7-9-19(18(27)11-16)28-25-29-20-10-8-17(26)12-21(20)34-25;/h3-13,22H,1-2H3,(H,28,29)(H,30,31)(H,32,33);1H4/t22-;/m0./s1. The summed E-state index contributed by atoms with van der Waals surface area (Å²) in [6.45, 7) is 3.45. The van der Waals surface area contributed by atoms with Gasteiger partial charge in [0.25, 0.3) is 5.91 Å². The number of halogens is 2. The second kappa shape index (κ2) is 10.8. The van der Waals surface area contributed by atoms with Gasteiger partial charge in [0.1, 0.15) is 11.9 Å². The third kappa shape index (κ3) is 5.96. The van der Waals surface area contributed by atoms with Crippen LogP contribution in [0.15, 0.2) is 60.7 Å². The molecule has 4 aromatic rings. The highest BCUT2D eigenvalue weighted by Crippen LogP contribution is 2.32. The number of thiazole rings is 1. The van der Waals surface area contributed by atoms with Crippen molar-refractivity contribution in [3.05, 3.63) is 77.1 Å². The minimum atomic E-state index is -1.08. The Hall–Kier alpha value is -3.49. The molecule has 3 aromatic carbocycles. The molecule has 1 heterocycles. The van der Waals surface area contributed by atoms with E-state index in [4.69, 9.17) is 11.6 Å². The van der Waals surface area contributed by atoms with Crippen LogP contribution in [0.4, 0.5) is 15.2 Å². The molecule has 0 saturated heterocycles. The molecule has 0 unspecified atom stereocenters. The Labute approximate surface area is 211 Å². The van der Waals surface area contributed by atoms with E-state index in [1.54, 1.807) is 56.3 Å². The third-order valence-corrected chi connectivity index (χ3v) is 6.43. The van der Waals surface area contributed by atoms with Crippen LogP contribution in [0.1, 0.15) is 31.6 Å². The lowest BCUT2D eigenvalue weighted by Crippen LogP contribution is -2.44. The van der Waals surface area contributed by atoms with Crippen LogP contribution in [0.2, 0.25) is 5.02 Å². The van der Waals surface area contributed by atoms with E-state index >= 15 is 0 Å². The molecule has 0 fully saturated rings. The summed E-state index contributed by atoms with van der Waals surface area (Å²) < 4.78 is 15.7. The third-order valence-electron chi connectivity index (χ3n) is 5.26. The fourth-order valence-electron chi connectivity index (χ4n) is 3.42. The molecular formula is C26H25ClFN3O3S. The van der Waals surface area contributed by atoms with Gasteiger partial charge in [-0.15, -0.1) is 0 Å². The van der Waals surface area contributed by atoms with Gasteiger partial charge in [-0.1, -0.05) is 62.4 Å². The zero-order valence-electron chi connectivity index (χ0n) is 18.3. The molecule has 0 aliphatic heterocycles. The van der Waals surface area contributed by atoms with Gasteiger partial charge in [0.2, 0.25) is 0 Å². The molecule has 0 saturated carbocycles. The zero-order chi connectivity index (χ0) is 24.4. The van der Waals surface area contributed by atoms with Crippen molar-refractivity contribution in [1.29, 1.82) is 0 Å². The summed E-state index contributed by atoms with van der Waals surface area (Å²) >= 11 is 7.40. The predicted octanol–water partition coefficient (Wildman–Crippen LogP) is 6.97. The maximum absolute atomic E-state index is 14.8. The van der Waals surface area contributed by atoms with Crippen molar-refractivity contribution < 1.29 is 19.1 Å². The van der Waals surface area contributed by atoms with E-state index in [9.17, 15) is 19.1 Å². The molecule has 9 heteroatoms. The monoisotopic (exact) mass is 513 g/mol. The molecule has 1 amide bonds. The van der Waals surface area contributed by atoms with Crippen LogP contribution in [0, 0.1) is 11.7 Å². The van der Waals surface area contributed by atoms with E-state index in [0.29, 0.717) is 27.0 Å². The summed E-state index contributed by atoms with van der Waals surface area (Å²) in [7, 11) is 0. The molecule has 182 valence electrons. The van der Waals surface area contributed by atoms with Crippen molar-refractivity contribution in [1.82, 2.24) is 10.3 Å². The fourth-order valence-corrected chi connectivity index (χ4v) is 4.57. The minimum absolute atomic E-state index is 0. The number of carbonyl (C=O) groups excluding carboxylic acids is 1. The zero-order valence-corrected chi connectivity index (χ0v) is 19.9. The largest absolute Gasteiger partial charge is 0.480 e. The molecular weight excluding hydrogens is 489 g/mol. The number of aromatic nitrogens is 1. The van der Waals surface area contributed by atoms with Crippen molar-refractivity contribution in [2.75, 3.05) is 5.32 Å². The van der Waals surface area contributed by atoms with Crippen molar-refractivity contribution >= 4 is 55.8 Å². The van der Waals surface area contributed by atoms with Crippen molar-refractivity contribution in [3.63, 3.8) is 0 Å². The highest BCUT2D eigenvalue weighted by atomic mass is 35.5. The Morgan fingerprint density at radius 1 is 1.03 bits per heavy atom. The summed E-state index contributed by atoms with van der Waals surface area (Å²) in [4.78, 5) is 28.2. The smallest absolute Gasteiger partial charge is 0.326 e. The summed E-state index contributed by atoms with van der Waals surface area (Å²) in [6, 6.07) is 15.8. The molecule has 6 nitrogen and oxygen atoms in total. The van der Waals surface area contributed by atoms with Gasteiger partial charge in [-0.25, -0.2) is 14.2 Å². The van der Waals surface area contributed by atoms with E-state index in [1.165, 1.54) is 17.4 Å². The van der Waals surface area contributed by atoms with E-state index in [2.05, 4.69) is 15.6 Å². The average molecular weight is 514 g/mol. The van der Waals surface area contributed by atoms with Crippen LogP contribution in [0.3, 0.4) is 0 Å². The van der Waals surface area contributed by atoms with Crippen molar-refractivity contribution in [2.24, 2.45) is 5.92 Å². The van der Waals surface area contributed by atoms with Gasteiger partial charge >= 0.3 is 5.97 Å². The number of benzene rings is 3. The lowest BCUT2D eigenvalue weighted by Gasteiger charge is -2.18. The number of aliphatic carboxylic acids is 1. The van der Waals surface area contributed by atoms with Crippen LogP contribution in [-0.4, -0.2) is 28.0 Å².